The Morgan fingerprint density at radius 2 is 1.88 bits per heavy atom. The van der Waals surface area contributed by atoms with Crippen molar-refractivity contribution in [2.75, 3.05) is 20.8 Å². The first-order valence-electron chi connectivity index (χ1n) is 6.74. The Morgan fingerprint density at radius 1 is 1.25 bits per heavy atom. The second-order valence-electron chi connectivity index (χ2n) is 4.52. The minimum atomic E-state index is -4.21. The summed E-state index contributed by atoms with van der Waals surface area (Å²) in [7, 11) is -1.53. The zero-order valence-electron chi connectivity index (χ0n) is 13.1. The SMILES string of the molecule is CCOC(=O)C1=CC(c2cc(OC)c(OC)cc2F)=NS(=O)(=O)N1. The molecule has 1 aliphatic heterocycles. The van der Waals surface area contributed by atoms with E-state index in [2.05, 4.69) is 4.40 Å². The molecule has 0 fully saturated rings. The van der Waals surface area contributed by atoms with E-state index in [0.717, 1.165) is 12.1 Å². The van der Waals surface area contributed by atoms with Crippen LogP contribution in [0.2, 0.25) is 0 Å². The van der Waals surface area contributed by atoms with Gasteiger partial charge < -0.3 is 14.2 Å². The third-order valence-electron chi connectivity index (χ3n) is 2.98. The summed E-state index contributed by atoms with van der Waals surface area (Å²) in [6.45, 7) is 1.62. The molecule has 0 atom stereocenters. The number of hydrogen-bond donors (Lipinski definition) is 1. The maximum absolute atomic E-state index is 14.3. The highest BCUT2D eigenvalue weighted by Crippen LogP contribution is 2.31. The maximum Gasteiger partial charge on any atom is 0.355 e. The van der Waals surface area contributed by atoms with Crippen molar-refractivity contribution in [1.82, 2.24) is 4.72 Å². The molecule has 130 valence electrons. The van der Waals surface area contributed by atoms with Gasteiger partial charge in [-0.2, -0.15) is 8.42 Å². The first-order valence-corrected chi connectivity index (χ1v) is 8.18. The quantitative estimate of drug-likeness (QED) is 0.786. The zero-order chi connectivity index (χ0) is 17.9. The molecular weight excluding hydrogens is 343 g/mol. The molecule has 1 aliphatic rings. The first kappa shape index (κ1) is 17.7. The Hall–Kier alpha value is -2.62. The third-order valence-corrected chi connectivity index (χ3v) is 3.90. The lowest BCUT2D eigenvalue weighted by Gasteiger charge is -2.16. The van der Waals surface area contributed by atoms with Crippen molar-refractivity contribution < 1.29 is 31.8 Å². The van der Waals surface area contributed by atoms with Gasteiger partial charge in [0.15, 0.2) is 11.5 Å². The number of halogens is 1. The summed E-state index contributed by atoms with van der Waals surface area (Å²) in [6.07, 6.45) is 1.09. The number of rotatable bonds is 5. The van der Waals surface area contributed by atoms with Crippen molar-refractivity contribution >= 4 is 21.9 Å². The van der Waals surface area contributed by atoms with Crippen molar-refractivity contribution in [2.24, 2.45) is 4.40 Å². The molecule has 2 rings (SSSR count). The Labute approximate surface area is 138 Å². The maximum atomic E-state index is 14.3. The van der Waals surface area contributed by atoms with Crippen LogP contribution in [0.4, 0.5) is 4.39 Å². The number of esters is 1. The summed E-state index contributed by atoms with van der Waals surface area (Å²) >= 11 is 0. The Balaban J connectivity index is 2.57. The van der Waals surface area contributed by atoms with E-state index in [9.17, 15) is 17.6 Å². The van der Waals surface area contributed by atoms with Gasteiger partial charge in [0, 0.05) is 11.6 Å². The smallest absolute Gasteiger partial charge is 0.355 e. The van der Waals surface area contributed by atoms with Crippen LogP contribution < -0.4 is 14.2 Å². The van der Waals surface area contributed by atoms with Gasteiger partial charge in [-0.15, -0.1) is 4.40 Å². The molecule has 0 amide bonds. The number of hydrogen-bond acceptors (Lipinski definition) is 6. The van der Waals surface area contributed by atoms with E-state index in [4.69, 9.17) is 14.2 Å². The molecule has 0 spiro atoms. The van der Waals surface area contributed by atoms with Crippen LogP contribution in [0.15, 0.2) is 28.3 Å². The normalized spacial score (nSPS) is 15.7. The predicted octanol–water partition coefficient (Wildman–Crippen LogP) is 0.927. The molecule has 0 aliphatic carbocycles. The summed E-state index contributed by atoms with van der Waals surface area (Å²) in [5, 5.41) is 0. The Bertz CT molecular complexity index is 832. The number of nitrogens with one attached hydrogen (secondary N) is 1. The van der Waals surface area contributed by atoms with Gasteiger partial charge in [-0.1, -0.05) is 0 Å². The van der Waals surface area contributed by atoms with E-state index in [1.165, 1.54) is 20.3 Å². The molecule has 0 radical (unpaired) electrons. The molecule has 24 heavy (non-hydrogen) atoms. The topological polar surface area (TPSA) is 103 Å². The zero-order valence-corrected chi connectivity index (χ0v) is 13.9. The lowest BCUT2D eigenvalue weighted by atomic mass is 10.1. The number of carbonyl (C=O) groups is 1. The molecule has 1 aromatic carbocycles. The van der Waals surface area contributed by atoms with Crippen LogP contribution in [0.25, 0.3) is 0 Å². The highest BCUT2D eigenvalue weighted by molar-refractivity contribution is 7.88. The molecule has 0 bridgehead atoms. The highest BCUT2D eigenvalue weighted by Gasteiger charge is 2.26. The van der Waals surface area contributed by atoms with Crippen molar-refractivity contribution in [3.63, 3.8) is 0 Å². The van der Waals surface area contributed by atoms with E-state index in [1.54, 1.807) is 6.92 Å². The summed E-state index contributed by atoms with van der Waals surface area (Å²) in [5.74, 6) is -1.37. The standard InChI is InChI=1S/C14H15FN2O6S/c1-4-23-14(18)11-7-10(16-24(19,20)17-11)8-5-12(21-2)13(22-3)6-9(8)15/h5-7,17H,4H2,1-3H3. The molecule has 0 aromatic heterocycles. The van der Waals surface area contributed by atoms with Crippen LogP contribution in [-0.4, -0.2) is 40.9 Å². The third kappa shape index (κ3) is 3.65. The number of carbonyl (C=O) groups excluding carboxylic acids is 1. The predicted molar refractivity (Wildman–Crippen MR) is 82.8 cm³/mol. The van der Waals surface area contributed by atoms with Gasteiger partial charge in [0.25, 0.3) is 0 Å². The fourth-order valence-corrected chi connectivity index (χ4v) is 2.85. The second-order valence-corrected chi connectivity index (χ2v) is 5.86. The van der Waals surface area contributed by atoms with Gasteiger partial charge in [-0.25, -0.2) is 9.18 Å². The molecule has 0 saturated heterocycles. The fourth-order valence-electron chi connectivity index (χ4n) is 1.97. The van der Waals surface area contributed by atoms with E-state index in [0.29, 0.717) is 0 Å². The minimum absolute atomic E-state index is 0.0507. The molecule has 0 saturated carbocycles. The van der Waals surface area contributed by atoms with Crippen LogP contribution in [0, 0.1) is 5.82 Å². The molecule has 1 N–H and O–H groups in total. The van der Waals surface area contributed by atoms with Crippen LogP contribution >= 0.6 is 0 Å². The van der Waals surface area contributed by atoms with Crippen LogP contribution in [0.1, 0.15) is 12.5 Å². The van der Waals surface area contributed by atoms with Crippen molar-refractivity contribution in [2.45, 2.75) is 6.92 Å². The Morgan fingerprint density at radius 3 is 2.46 bits per heavy atom. The number of benzene rings is 1. The van der Waals surface area contributed by atoms with E-state index in [1.807, 2.05) is 4.72 Å². The molecule has 1 aromatic rings. The van der Waals surface area contributed by atoms with E-state index >= 15 is 0 Å². The molecule has 1 heterocycles. The summed E-state index contributed by atoms with van der Waals surface area (Å²) in [6, 6.07) is 2.26. The van der Waals surface area contributed by atoms with Gasteiger partial charge in [-0.05, 0) is 19.1 Å². The fraction of sp³-hybridized carbons (Fsp3) is 0.286. The van der Waals surface area contributed by atoms with Gasteiger partial charge >= 0.3 is 16.2 Å². The average Bonchev–Trinajstić information content (AvgIpc) is 2.53. The number of methoxy groups -OCH3 is 2. The van der Waals surface area contributed by atoms with Crippen LogP contribution in [0.5, 0.6) is 11.5 Å². The van der Waals surface area contributed by atoms with Crippen molar-refractivity contribution in [3.05, 3.63) is 35.3 Å². The summed E-state index contributed by atoms with van der Waals surface area (Å²) in [5.41, 5.74) is -0.800. The molecule has 0 unspecified atom stereocenters. The molecule has 8 nitrogen and oxygen atoms in total. The van der Waals surface area contributed by atoms with Crippen LogP contribution in [-0.2, 0) is 19.7 Å². The first-order chi connectivity index (χ1) is 11.3. The van der Waals surface area contributed by atoms with E-state index in [-0.39, 0.29) is 35.1 Å². The lowest BCUT2D eigenvalue weighted by molar-refractivity contribution is -0.138. The second kappa shape index (κ2) is 6.87. The highest BCUT2D eigenvalue weighted by atomic mass is 32.2. The Kier molecular flexibility index (Phi) is 5.07. The van der Waals surface area contributed by atoms with Crippen molar-refractivity contribution in [3.8, 4) is 11.5 Å². The average molecular weight is 358 g/mol. The summed E-state index contributed by atoms with van der Waals surface area (Å²) in [4.78, 5) is 11.8. The minimum Gasteiger partial charge on any atom is -0.493 e. The monoisotopic (exact) mass is 358 g/mol. The lowest BCUT2D eigenvalue weighted by Crippen LogP contribution is -2.32. The number of nitrogens with zero attached hydrogens (tertiary/aromatic N) is 1. The molecular formula is C14H15FN2O6S. The van der Waals surface area contributed by atoms with E-state index < -0.39 is 22.0 Å². The van der Waals surface area contributed by atoms with Gasteiger partial charge in [0.1, 0.15) is 11.5 Å². The van der Waals surface area contributed by atoms with Crippen LogP contribution in [0.3, 0.4) is 0 Å². The van der Waals surface area contributed by atoms with Gasteiger partial charge in [0.05, 0.1) is 26.5 Å². The van der Waals surface area contributed by atoms with Crippen molar-refractivity contribution in [1.29, 1.82) is 0 Å². The largest absolute Gasteiger partial charge is 0.493 e. The van der Waals surface area contributed by atoms with Gasteiger partial charge in [-0.3, -0.25) is 4.72 Å². The summed E-state index contributed by atoms with van der Waals surface area (Å²) < 4.78 is 58.1. The number of allylic oxidation sites excluding steroid dienone is 1. The molecule has 10 heteroatoms. The van der Waals surface area contributed by atoms with Gasteiger partial charge in [0.2, 0.25) is 0 Å². The number of ether oxygens (including phenoxy) is 3.